The van der Waals surface area contributed by atoms with Crippen LogP contribution in [0.15, 0.2) is 29.6 Å². The summed E-state index contributed by atoms with van der Waals surface area (Å²) in [6.45, 7) is 2.16. The molecular formula is C15H15N3S. The van der Waals surface area contributed by atoms with Crippen molar-refractivity contribution in [3.8, 4) is 17.3 Å². The van der Waals surface area contributed by atoms with E-state index < -0.39 is 0 Å². The Morgan fingerprint density at radius 3 is 3.16 bits per heavy atom. The minimum atomic E-state index is 0.548. The average Bonchev–Trinajstić information content (AvgIpc) is 2.98. The Morgan fingerprint density at radius 1 is 1.42 bits per heavy atom. The second kappa shape index (κ2) is 5.52. The van der Waals surface area contributed by atoms with E-state index in [0.717, 1.165) is 24.3 Å². The van der Waals surface area contributed by atoms with Crippen molar-refractivity contribution in [2.24, 2.45) is 0 Å². The molecule has 0 aliphatic carbocycles. The molecular weight excluding hydrogens is 254 g/mol. The van der Waals surface area contributed by atoms with Gasteiger partial charge in [-0.3, -0.25) is 0 Å². The van der Waals surface area contributed by atoms with Crippen LogP contribution in [0, 0.1) is 11.3 Å². The normalized spacial score (nSPS) is 19.0. The van der Waals surface area contributed by atoms with E-state index in [1.165, 1.54) is 17.8 Å². The van der Waals surface area contributed by atoms with Gasteiger partial charge in [0.05, 0.1) is 22.3 Å². The lowest BCUT2D eigenvalue weighted by atomic mass is 10.0. The van der Waals surface area contributed by atoms with Crippen molar-refractivity contribution in [1.82, 2.24) is 10.3 Å². The van der Waals surface area contributed by atoms with Gasteiger partial charge in [-0.1, -0.05) is 12.1 Å². The molecule has 1 aliphatic heterocycles. The lowest BCUT2D eigenvalue weighted by Gasteiger charge is -2.20. The summed E-state index contributed by atoms with van der Waals surface area (Å²) in [5.41, 5.74) is 2.71. The monoisotopic (exact) mass is 269 g/mol. The average molecular weight is 269 g/mol. The number of thiazole rings is 1. The Kier molecular flexibility index (Phi) is 3.58. The molecule has 1 aromatic heterocycles. The van der Waals surface area contributed by atoms with Crippen LogP contribution in [0.4, 0.5) is 0 Å². The minimum Gasteiger partial charge on any atom is -0.316 e. The topological polar surface area (TPSA) is 48.7 Å². The van der Waals surface area contributed by atoms with Crippen molar-refractivity contribution in [2.45, 2.75) is 18.8 Å². The van der Waals surface area contributed by atoms with E-state index in [4.69, 9.17) is 10.2 Å². The molecule has 0 saturated carbocycles. The number of benzene rings is 1. The quantitative estimate of drug-likeness (QED) is 0.911. The maximum absolute atomic E-state index is 8.94. The first-order valence-corrected chi connectivity index (χ1v) is 7.41. The molecule has 1 aliphatic rings. The molecule has 1 N–H and O–H groups in total. The number of nitrogens with one attached hydrogen (secondary N) is 1. The molecule has 19 heavy (non-hydrogen) atoms. The van der Waals surface area contributed by atoms with Gasteiger partial charge in [-0.05, 0) is 31.5 Å². The van der Waals surface area contributed by atoms with Crippen LogP contribution in [0.3, 0.4) is 0 Å². The van der Waals surface area contributed by atoms with Crippen molar-refractivity contribution >= 4 is 11.3 Å². The summed E-state index contributed by atoms with van der Waals surface area (Å²) in [5.74, 6) is 0.548. The number of nitriles is 1. The minimum absolute atomic E-state index is 0.548. The van der Waals surface area contributed by atoms with Gasteiger partial charge in [0.2, 0.25) is 0 Å². The van der Waals surface area contributed by atoms with Crippen molar-refractivity contribution in [3.05, 3.63) is 40.2 Å². The van der Waals surface area contributed by atoms with Crippen LogP contribution in [0.2, 0.25) is 0 Å². The highest BCUT2D eigenvalue weighted by molar-refractivity contribution is 7.10. The molecule has 0 spiro atoms. The Bertz CT molecular complexity index is 606. The SMILES string of the molecule is N#Cc1cccc(-c2csc(C3CCCNC3)n2)c1. The third-order valence-corrected chi connectivity index (χ3v) is 4.46. The van der Waals surface area contributed by atoms with Gasteiger partial charge in [-0.25, -0.2) is 4.98 Å². The molecule has 1 unspecified atom stereocenters. The van der Waals surface area contributed by atoms with E-state index in [2.05, 4.69) is 16.8 Å². The summed E-state index contributed by atoms with van der Waals surface area (Å²) in [4.78, 5) is 4.75. The highest BCUT2D eigenvalue weighted by atomic mass is 32.1. The molecule has 1 atom stereocenters. The highest BCUT2D eigenvalue weighted by Gasteiger charge is 2.18. The second-order valence-corrected chi connectivity index (χ2v) is 5.70. The Hall–Kier alpha value is -1.70. The van der Waals surface area contributed by atoms with Crippen molar-refractivity contribution in [2.75, 3.05) is 13.1 Å². The zero-order valence-corrected chi connectivity index (χ0v) is 11.4. The van der Waals surface area contributed by atoms with Crippen LogP contribution < -0.4 is 5.32 Å². The van der Waals surface area contributed by atoms with Gasteiger partial charge in [0.25, 0.3) is 0 Å². The van der Waals surface area contributed by atoms with Gasteiger partial charge in [-0.15, -0.1) is 11.3 Å². The van der Waals surface area contributed by atoms with Gasteiger partial charge in [0, 0.05) is 23.4 Å². The molecule has 2 aromatic rings. The van der Waals surface area contributed by atoms with Crippen molar-refractivity contribution in [3.63, 3.8) is 0 Å². The molecule has 0 bridgehead atoms. The van der Waals surface area contributed by atoms with E-state index in [1.807, 2.05) is 24.3 Å². The summed E-state index contributed by atoms with van der Waals surface area (Å²) in [6.07, 6.45) is 2.45. The summed E-state index contributed by atoms with van der Waals surface area (Å²) < 4.78 is 0. The molecule has 3 nitrogen and oxygen atoms in total. The molecule has 0 amide bonds. The fourth-order valence-corrected chi connectivity index (χ4v) is 3.38. The molecule has 1 saturated heterocycles. The maximum Gasteiger partial charge on any atom is 0.0991 e. The zero-order valence-electron chi connectivity index (χ0n) is 10.6. The Morgan fingerprint density at radius 2 is 2.37 bits per heavy atom. The van der Waals surface area contributed by atoms with E-state index in [9.17, 15) is 0 Å². The number of nitrogens with zero attached hydrogens (tertiary/aromatic N) is 2. The fraction of sp³-hybridized carbons (Fsp3) is 0.333. The number of aromatic nitrogens is 1. The van der Waals surface area contributed by atoms with E-state index in [0.29, 0.717) is 11.5 Å². The van der Waals surface area contributed by atoms with Crippen LogP contribution in [0.1, 0.15) is 29.3 Å². The fourth-order valence-electron chi connectivity index (χ4n) is 2.42. The third-order valence-electron chi connectivity index (χ3n) is 3.46. The molecule has 1 fully saturated rings. The first-order chi connectivity index (χ1) is 9.36. The standard InChI is InChI=1S/C15H15N3S/c16-8-11-3-1-4-12(7-11)14-10-19-15(18-14)13-5-2-6-17-9-13/h1,3-4,7,10,13,17H,2,5-6,9H2. The second-order valence-electron chi connectivity index (χ2n) is 4.81. The summed E-state index contributed by atoms with van der Waals surface area (Å²) in [6, 6.07) is 9.82. The summed E-state index contributed by atoms with van der Waals surface area (Å²) >= 11 is 1.73. The van der Waals surface area contributed by atoms with Crippen LogP contribution in [0.25, 0.3) is 11.3 Å². The molecule has 4 heteroatoms. The van der Waals surface area contributed by atoms with Crippen LogP contribution in [-0.4, -0.2) is 18.1 Å². The predicted octanol–water partition coefficient (Wildman–Crippen LogP) is 3.15. The van der Waals surface area contributed by atoms with Crippen LogP contribution in [-0.2, 0) is 0 Å². The van der Waals surface area contributed by atoms with Gasteiger partial charge >= 0.3 is 0 Å². The summed E-state index contributed by atoms with van der Waals surface area (Å²) in [7, 11) is 0. The van der Waals surface area contributed by atoms with E-state index >= 15 is 0 Å². The number of hydrogen-bond donors (Lipinski definition) is 1. The van der Waals surface area contributed by atoms with E-state index in [1.54, 1.807) is 11.3 Å². The van der Waals surface area contributed by atoms with Crippen LogP contribution >= 0.6 is 11.3 Å². The van der Waals surface area contributed by atoms with E-state index in [-0.39, 0.29) is 0 Å². The first kappa shape index (κ1) is 12.3. The van der Waals surface area contributed by atoms with Crippen molar-refractivity contribution in [1.29, 1.82) is 5.26 Å². The third kappa shape index (κ3) is 2.67. The zero-order chi connectivity index (χ0) is 13.1. The van der Waals surface area contributed by atoms with Crippen LogP contribution in [0.5, 0.6) is 0 Å². The van der Waals surface area contributed by atoms with Gasteiger partial charge < -0.3 is 5.32 Å². The van der Waals surface area contributed by atoms with Crippen molar-refractivity contribution < 1.29 is 0 Å². The van der Waals surface area contributed by atoms with Gasteiger partial charge in [0.1, 0.15) is 0 Å². The molecule has 1 aromatic carbocycles. The number of hydrogen-bond acceptors (Lipinski definition) is 4. The lowest BCUT2D eigenvalue weighted by Crippen LogP contribution is -2.28. The Balaban J connectivity index is 1.86. The predicted molar refractivity (Wildman–Crippen MR) is 77.1 cm³/mol. The lowest BCUT2D eigenvalue weighted by molar-refractivity contribution is 0.460. The molecule has 2 heterocycles. The summed E-state index contributed by atoms with van der Waals surface area (Å²) in [5, 5.41) is 15.7. The molecule has 3 rings (SSSR count). The van der Waals surface area contributed by atoms with Gasteiger partial charge in [-0.2, -0.15) is 5.26 Å². The maximum atomic E-state index is 8.94. The smallest absolute Gasteiger partial charge is 0.0991 e. The highest BCUT2D eigenvalue weighted by Crippen LogP contribution is 2.30. The first-order valence-electron chi connectivity index (χ1n) is 6.53. The number of rotatable bonds is 2. The Labute approximate surface area is 116 Å². The van der Waals surface area contributed by atoms with Gasteiger partial charge in [0.15, 0.2) is 0 Å². The molecule has 96 valence electrons. The largest absolute Gasteiger partial charge is 0.316 e. The number of piperidine rings is 1. The molecule has 0 radical (unpaired) electrons.